The topological polar surface area (TPSA) is 29.3 Å². The predicted molar refractivity (Wildman–Crippen MR) is 84.3 cm³/mol. The van der Waals surface area contributed by atoms with Gasteiger partial charge in [0.1, 0.15) is 0 Å². The Hall–Kier alpha value is -0.860. The van der Waals surface area contributed by atoms with Crippen LogP contribution < -0.4 is 5.73 Å². The molecule has 108 valence electrons. The minimum Gasteiger partial charge on any atom is -0.330 e. The molecule has 1 aromatic rings. The zero-order chi connectivity index (χ0) is 13.9. The summed E-state index contributed by atoms with van der Waals surface area (Å²) in [5.41, 5.74) is 8.58. The van der Waals surface area contributed by atoms with Gasteiger partial charge in [-0.25, -0.2) is 0 Å². The Labute approximate surface area is 119 Å². The van der Waals surface area contributed by atoms with Gasteiger partial charge in [-0.05, 0) is 50.0 Å². The van der Waals surface area contributed by atoms with Crippen LogP contribution in [0.4, 0.5) is 0 Å². The first-order chi connectivity index (χ1) is 9.31. The number of unbranched alkanes of at least 4 members (excludes halogenated alkanes) is 2. The number of benzene rings is 1. The zero-order valence-corrected chi connectivity index (χ0v) is 12.7. The summed E-state index contributed by atoms with van der Waals surface area (Å²) in [4.78, 5) is 2.60. The normalized spacial score (nSPS) is 11.2. The molecule has 0 aliphatic carbocycles. The van der Waals surface area contributed by atoms with E-state index in [1.807, 2.05) is 0 Å². The average molecular weight is 262 g/mol. The van der Waals surface area contributed by atoms with E-state index in [-0.39, 0.29) is 0 Å². The molecule has 0 amide bonds. The minimum absolute atomic E-state index is 0.737. The van der Waals surface area contributed by atoms with Crippen LogP contribution >= 0.6 is 0 Å². The molecule has 1 aromatic carbocycles. The van der Waals surface area contributed by atoms with Crippen molar-refractivity contribution in [2.75, 3.05) is 19.6 Å². The lowest BCUT2D eigenvalue weighted by Gasteiger charge is -2.23. The van der Waals surface area contributed by atoms with Crippen molar-refractivity contribution < 1.29 is 0 Å². The highest BCUT2D eigenvalue weighted by Gasteiger charge is 2.08. The van der Waals surface area contributed by atoms with Gasteiger partial charge < -0.3 is 5.73 Å². The molecule has 0 radical (unpaired) electrons. The lowest BCUT2D eigenvalue weighted by atomic mass is 10.0. The highest BCUT2D eigenvalue weighted by Crippen LogP contribution is 2.13. The number of nitrogens with two attached hydrogens (primary N) is 1. The molecule has 2 N–H and O–H groups in total. The number of hydrogen-bond acceptors (Lipinski definition) is 2. The Morgan fingerprint density at radius 3 is 2.05 bits per heavy atom. The second kappa shape index (κ2) is 9.99. The second-order valence-corrected chi connectivity index (χ2v) is 5.29. The fourth-order valence-corrected chi connectivity index (χ4v) is 2.39. The van der Waals surface area contributed by atoms with E-state index >= 15 is 0 Å². The van der Waals surface area contributed by atoms with Crippen LogP contribution in [0.1, 0.15) is 50.7 Å². The van der Waals surface area contributed by atoms with Gasteiger partial charge in [-0.15, -0.1) is 0 Å². The molecule has 0 bridgehead atoms. The Morgan fingerprint density at radius 1 is 0.947 bits per heavy atom. The molecule has 0 unspecified atom stereocenters. The Balaban J connectivity index is 2.65. The quantitative estimate of drug-likeness (QED) is 0.698. The van der Waals surface area contributed by atoms with Crippen LogP contribution in [-0.4, -0.2) is 24.5 Å². The highest BCUT2D eigenvalue weighted by atomic mass is 15.1. The van der Waals surface area contributed by atoms with E-state index in [4.69, 9.17) is 5.73 Å². The molecule has 2 heteroatoms. The number of rotatable bonds is 10. The van der Waals surface area contributed by atoms with E-state index < -0.39 is 0 Å². The predicted octanol–water partition coefficient (Wildman–Crippen LogP) is 3.59. The van der Waals surface area contributed by atoms with Crippen LogP contribution in [0.5, 0.6) is 0 Å². The SMILES string of the molecule is CCCCN(CCCC)Cc1ccccc1CCN. The van der Waals surface area contributed by atoms with Crippen LogP contribution in [0.2, 0.25) is 0 Å². The van der Waals surface area contributed by atoms with Crippen molar-refractivity contribution in [1.29, 1.82) is 0 Å². The van der Waals surface area contributed by atoms with Gasteiger partial charge in [0.05, 0.1) is 0 Å². The van der Waals surface area contributed by atoms with E-state index in [9.17, 15) is 0 Å². The Kier molecular flexibility index (Phi) is 8.52. The van der Waals surface area contributed by atoms with Crippen molar-refractivity contribution in [2.45, 2.75) is 52.5 Å². The molecule has 0 aliphatic rings. The molecule has 0 aromatic heterocycles. The van der Waals surface area contributed by atoms with Gasteiger partial charge in [-0.3, -0.25) is 4.90 Å². The van der Waals surface area contributed by atoms with Crippen molar-refractivity contribution in [3.63, 3.8) is 0 Å². The third-order valence-corrected chi connectivity index (χ3v) is 3.58. The number of nitrogens with zero attached hydrogens (tertiary/aromatic N) is 1. The molecule has 0 atom stereocenters. The second-order valence-electron chi connectivity index (χ2n) is 5.29. The molecular weight excluding hydrogens is 232 g/mol. The first-order valence-electron chi connectivity index (χ1n) is 7.81. The standard InChI is InChI=1S/C17H30N2/c1-3-5-13-19(14-6-4-2)15-17-10-8-7-9-16(17)11-12-18/h7-10H,3-6,11-15,18H2,1-2H3. The van der Waals surface area contributed by atoms with Crippen LogP contribution in [0.25, 0.3) is 0 Å². The molecule has 2 nitrogen and oxygen atoms in total. The minimum atomic E-state index is 0.737. The number of hydrogen-bond donors (Lipinski definition) is 1. The molecular formula is C17H30N2. The van der Waals surface area contributed by atoms with Crippen LogP contribution in [0, 0.1) is 0 Å². The summed E-state index contributed by atoms with van der Waals surface area (Å²) in [5.74, 6) is 0. The molecule has 0 saturated heterocycles. The summed E-state index contributed by atoms with van der Waals surface area (Å²) in [6.45, 7) is 8.78. The smallest absolute Gasteiger partial charge is 0.0236 e. The van der Waals surface area contributed by atoms with Crippen molar-refractivity contribution in [2.24, 2.45) is 5.73 Å². The van der Waals surface area contributed by atoms with E-state index in [1.165, 1.54) is 49.9 Å². The molecule has 0 saturated carbocycles. The summed E-state index contributed by atoms with van der Waals surface area (Å²) in [6, 6.07) is 8.75. The van der Waals surface area contributed by atoms with E-state index in [2.05, 4.69) is 43.0 Å². The van der Waals surface area contributed by atoms with E-state index in [0.717, 1.165) is 19.5 Å². The molecule has 0 fully saturated rings. The molecule has 1 rings (SSSR count). The molecule has 0 spiro atoms. The first kappa shape index (κ1) is 16.2. The first-order valence-corrected chi connectivity index (χ1v) is 7.81. The maximum absolute atomic E-state index is 5.71. The van der Waals surface area contributed by atoms with Crippen molar-refractivity contribution in [3.05, 3.63) is 35.4 Å². The van der Waals surface area contributed by atoms with Crippen molar-refractivity contribution in [3.8, 4) is 0 Å². The largest absolute Gasteiger partial charge is 0.330 e. The summed E-state index contributed by atoms with van der Waals surface area (Å²) < 4.78 is 0. The summed E-state index contributed by atoms with van der Waals surface area (Å²) in [7, 11) is 0. The molecule has 19 heavy (non-hydrogen) atoms. The Morgan fingerprint density at radius 2 is 1.53 bits per heavy atom. The maximum atomic E-state index is 5.71. The van der Waals surface area contributed by atoms with Gasteiger partial charge in [-0.2, -0.15) is 0 Å². The summed E-state index contributed by atoms with van der Waals surface area (Å²) >= 11 is 0. The average Bonchev–Trinajstić information content (AvgIpc) is 2.44. The monoisotopic (exact) mass is 262 g/mol. The fraction of sp³-hybridized carbons (Fsp3) is 0.647. The summed E-state index contributed by atoms with van der Waals surface area (Å²) in [5, 5.41) is 0. The van der Waals surface area contributed by atoms with Gasteiger partial charge in [0.2, 0.25) is 0 Å². The summed E-state index contributed by atoms with van der Waals surface area (Å²) in [6.07, 6.45) is 6.12. The lowest BCUT2D eigenvalue weighted by molar-refractivity contribution is 0.256. The fourth-order valence-electron chi connectivity index (χ4n) is 2.39. The van der Waals surface area contributed by atoms with Gasteiger partial charge in [0.25, 0.3) is 0 Å². The van der Waals surface area contributed by atoms with E-state index in [1.54, 1.807) is 0 Å². The Bertz CT molecular complexity index is 328. The van der Waals surface area contributed by atoms with Crippen LogP contribution in [0.15, 0.2) is 24.3 Å². The van der Waals surface area contributed by atoms with Crippen LogP contribution in [0.3, 0.4) is 0 Å². The van der Waals surface area contributed by atoms with Crippen LogP contribution in [-0.2, 0) is 13.0 Å². The lowest BCUT2D eigenvalue weighted by Crippen LogP contribution is -2.26. The highest BCUT2D eigenvalue weighted by molar-refractivity contribution is 5.27. The zero-order valence-electron chi connectivity index (χ0n) is 12.7. The van der Waals surface area contributed by atoms with E-state index in [0.29, 0.717) is 0 Å². The van der Waals surface area contributed by atoms with Gasteiger partial charge in [-0.1, -0.05) is 51.0 Å². The molecule has 0 aliphatic heterocycles. The maximum Gasteiger partial charge on any atom is 0.0236 e. The van der Waals surface area contributed by atoms with Gasteiger partial charge in [0, 0.05) is 6.54 Å². The van der Waals surface area contributed by atoms with Crippen molar-refractivity contribution in [1.82, 2.24) is 4.90 Å². The van der Waals surface area contributed by atoms with Crippen molar-refractivity contribution >= 4 is 0 Å². The van der Waals surface area contributed by atoms with Gasteiger partial charge in [0.15, 0.2) is 0 Å². The third kappa shape index (κ3) is 6.22. The molecule has 0 heterocycles. The third-order valence-electron chi connectivity index (χ3n) is 3.58. The van der Waals surface area contributed by atoms with Gasteiger partial charge >= 0.3 is 0 Å².